The van der Waals surface area contributed by atoms with Crippen molar-refractivity contribution in [2.24, 2.45) is 11.8 Å². The molecule has 5 atom stereocenters. The molecule has 4 aliphatic heterocycles. The van der Waals surface area contributed by atoms with Crippen molar-refractivity contribution in [1.82, 2.24) is 4.90 Å². The molecule has 1 N–H and O–H groups in total. The minimum Gasteiger partial charge on any atom is -0.481 e. The Morgan fingerprint density at radius 3 is 2.77 bits per heavy atom. The molecule has 1 amide bonds. The van der Waals surface area contributed by atoms with Gasteiger partial charge in [0.15, 0.2) is 11.5 Å². The Hall–Kier alpha value is -2.39. The number of hydrogen-bond donors (Lipinski definition) is 1. The smallest absolute Gasteiger partial charge is 0.352 e. The lowest BCUT2D eigenvalue weighted by Crippen LogP contribution is -2.42. The quantitative estimate of drug-likeness (QED) is 0.487. The number of carbonyl (C=O) groups excluding carboxylic acids is 1. The van der Waals surface area contributed by atoms with Crippen LogP contribution in [0.2, 0.25) is 0 Å². The first kappa shape index (κ1) is 20.5. The van der Waals surface area contributed by atoms with Crippen LogP contribution in [0, 0.1) is 11.8 Å². The number of likely N-dealkylation sites (tertiary alicyclic amines) is 1. The van der Waals surface area contributed by atoms with Crippen LogP contribution in [0.5, 0.6) is 11.5 Å². The fourth-order valence-electron chi connectivity index (χ4n) is 5.05. The van der Waals surface area contributed by atoms with E-state index in [1.54, 1.807) is 30.4 Å². The summed E-state index contributed by atoms with van der Waals surface area (Å²) in [5, 5.41) is 9.68. The normalized spacial score (nSPS) is 31.4. The van der Waals surface area contributed by atoms with Crippen LogP contribution >= 0.6 is 7.60 Å². The van der Waals surface area contributed by atoms with Gasteiger partial charge in [-0.2, -0.15) is 0 Å². The van der Waals surface area contributed by atoms with Gasteiger partial charge in [-0.25, -0.2) is 0 Å². The average molecular weight is 451 g/mol. The molecule has 4 heterocycles. The Balaban J connectivity index is 1.51. The summed E-state index contributed by atoms with van der Waals surface area (Å²) in [5.74, 6) is -3.21. The molecule has 11 heteroatoms. The maximum atomic E-state index is 13.5. The zero-order valence-corrected chi connectivity index (χ0v) is 17.8. The standard InChI is InChI=1S/C20H22NO9P/c1-26-31(25,27-2)15(8-11-3-4-12-14(7-11)29-10-28-12)21-9-20-6-5-13(30-20)16(19(23)24)17(20)18(21)22/h3-7,13,15-17H,8-10H2,1-2H3,(H,23,24)/t13-,15?,16-,17+,20-/m0/s1. The number of hydrogen-bond acceptors (Lipinski definition) is 8. The summed E-state index contributed by atoms with van der Waals surface area (Å²) in [6, 6.07) is 5.29. The summed E-state index contributed by atoms with van der Waals surface area (Å²) in [7, 11) is -1.24. The highest BCUT2D eigenvalue weighted by Gasteiger charge is 2.68. The van der Waals surface area contributed by atoms with Crippen LogP contribution in [-0.4, -0.2) is 66.9 Å². The summed E-state index contributed by atoms with van der Waals surface area (Å²) in [4.78, 5) is 26.7. The lowest BCUT2D eigenvalue weighted by atomic mass is 9.77. The van der Waals surface area contributed by atoms with Crippen LogP contribution in [0.25, 0.3) is 0 Å². The lowest BCUT2D eigenvalue weighted by molar-refractivity contribution is -0.148. The lowest BCUT2D eigenvalue weighted by Gasteiger charge is -2.33. The predicted octanol–water partition coefficient (Wildman–Crippen LogP) is 1.64. The SMILES string of the molecule is COP(=O)(OC)C(Cc1ccc2c(c1)OCO2)N1C[C@]23C=C[C@H](O2)[C@H](C(=O)O)[C@@H]3C1=O. The summed E-state index contributed by atoms with van der Waals surface area (Å²) < 4.78 is 40.7. The van der Waals surface area contributed by atoms with Gasteiger partial charge >= 0.3 is 13.6 Å². The van der Waals surface area contributed by atoms with Crippen LogP contribution in [0.1, 0.15) is 5.56 Å². The number of carboxylic acid groups (broad SMARTS) is 1. The maximum absolute atomic E-state index is 13.5. The number of carbonyl (C=O) groups is 2. The van der Waals surface area contributed by atoms with Crippen LogP contribution in [-0.2, 0) is 34.4 Å². The minimum absolute atomic E-state index is 0.0687. The van der Waals surface area contributed by atoms with E-state index in [-0.39, 0.29) is 19.8 Å². The van der Waals surface area contributed by atoms with Crippen molar-refractivity contribution in [2.75, 3.05) is 27.6 Å². The molecule has 2 saturated heterocycles. The molecule has 10 nitrogen and oxygen atoms in total. The molecule has 0 radical (unpaired) electrons. The first-order valence-electron chi connectivity index (χ1n) is 9.82. The van der Waals surface area contributed by atoms with E-state index in [4.69, 9.17) is 23.3 Å². The second kappa shape index (κ2) is 7.06. The number of fused-ring (bicyclic) bond motifs is 2. The van der Waals surface area contributed by atoms with Crippen molar-refractivity contribution in [2.45, 2.75) is 23.9 Å². The molecule has 5 rings (SSSR count). The van der Waals surface area contributed by atoms with Crippen molar-refractivity contribution in [3.8, 4) is 11.5 Å². The monoisotopic (exact) mass is 451 g/mol. The highest BCUT2D eigenvalue weighted by molar-refractivity contribution is 7.54. The first-order chi connectivity index (χ1) is 14.8. The van der Waals surface area contributed by atoms with E-state index < -0.39 is 48.8 Å². The number of amides is 1. The van der Waals surface area contributed by atoms with Crippen molar-refractivity contribution in [1.29, 1.82) is 0 Å². The Labute approximate surface area is 178 Å². The Morgan fingerprint density at radius 2 is 2.06 bits per heavy atom. The van der Waals surface area contributed by atoms with Crippen molar-refractivity contribution < 1.29 is 42.5 Å². The molecule has 1 unspecified atom stereocenters. The second-order valence-corrected chi connectivity index (χ2v) is 10.4. The number of nitrogens with zero attached hydrogens (tertiary/aromatic N) is 1. The Bertz CT molecular complexity index is 1020. The molecule has 1 aromatic carbocycles. The highest BCUT2D eigenvalue weighted by atomic mass is 31.2. The third-order valence-electron chi connectivity index (χ3n) is 6.50. The number of ether oxygens (including phenoxy) is 3. The Morgan fingerprint density at radius 1 is 1.32 bits per heavy atom. The van der Waals surface area contributed by atoms with E-state index in [0.29, 0.717) is 11.5 Å². The van der Waals surface area contributed by atoms with E-state index in [0.717, 1.165) is 5.56 Å². The third-order valence-corrected chi connectivity index (χ3v) is 8.71. The van der Waals surface area contributed by atoms with Gasteiger partial charge in [0.25, 0.3) is 0 Å². The molecule has 0 aliphatic carbocycles. The van der Waals surface area contributed by atoms with E-state index in [1.165, 1.54) is 19.1 Å². The van der Waals surface area contributed by atoms with Gasteiger partial charge in [-0.3, -0.25) is 14.2 Å². The average Bonchev–Trinajstić information content (AvgIpc) is 3.51. The molecule has 2 fully saturated rings. The molecule has 166 valence electrons. The minimum atomic E-state index is -3.77. The molecule has 1 spiro atoms. The van der Waals surface area contributed by atoms with E-state index in [2.05, 4.69) is 0 Å². The van der Waals surface area contributed by atoms with Crippen LogP contribution < -0.4 is 9.47 Å². The zero-order chi connectivity index (χ0) is 22.0. The first-order valence-corrected chi connectivity index (χ1v) is 11.4. The number of rotatable bonds is 7. The molecule has 0 saturated carbocycles. The van der Waals surface area contributed by atoms with Crippen LogP contribution in [0.3, 0.4) is 0 Å². The van der Waals surface area contributed by atoms with Gasteiger partial charge in [0.05, 0.1) is 18.6 Å². The van der Waals surface area contributed by atoms with Gasteiger partial charge in [0.1, 0.15) is 17.3 Å². The molecule has 0 aromatic heterocycles. The number of carboxylic acids is 1. The molecule has 31 heavy (non-hydrogen) atoms. The third kappa shape index (κ3) is 2.93. The summed E-state index contributed by atoms with van der Waals surface area (Å²) in [5.41, 5.74) is -0.314. The van der Waals surface area contributed by atoms with Crippen molar-refractivity contribution in [3.63, 3.8) is 0 Å². The Kier molecular flexibility index (Phi) is 4.67. The molecule has 1 aromatic rings. The topological polar surface area (TPSA) is 121 Å². The summed E-state index contributed by atoms with van der Waals surface area (Å²) >= 11 is 0. The van der Waals surface area contributed by atoms with Gasteiger partial charge in [-0.05, 0) is 17.7 Å². The fraction of sp³-hybridized carbons (Fsp3) is 0.500. The van der Waals surface area contributed by atoms with Gasteiger partial charge < -0.3 is 33.3 Å². The molecular weight excluding hydrogens is 429 g/mol. The fourth-order valence-corrected chi connectivity index (χ4v) is 6.66. The van der Waals surface area contributed by atoms with E-state index in [1.807, 2.05) is 0 Å². The van der Waals surface area contributed by atoms with Crippen LogP contribution in [0.4, 0.5) is 0 Å². The van der Waals surface area contributed by atoms with Crippen molar-refractivity contribution >= 4 is 19.5 Å². The summed E-state index contributed by atoms with van der Waals surface area (Å²) in [6.07, 6.45) is 2.94. The largest absolute Gasteiger partial charge is 0.481 e. The van der Waals surface area contributed by atoms with Gasteiger partial charge in [0.2, 0.25) is 12.7 Å². The zero-order valence-electron chi connectivity index (χ0n) is 16.9. The molecule has 2 bridgehead atoms. The summed E-state index contributed by atoms with van der Waals surface area (Å²) in [6.45, 7) is 0.187. The van der Waals surface area contributed by atoms with Crippen LogP contribution in [0.15, 0.2) is 30.4 Å². The van der Waals surface area contributed by atoms with E-state index in [9.17, 15) is 19.3 Å². The van der Waals surface area contributed by atoms with Crippen molar-refractivity contribution in [3.05, 3.63) is 35.9 Å². The molecular formula is C20H22NO9P. The second-order valence-electron chi connectivity index (χ2n) is 7.98. The van der Waals surface area contributed by atoms with E-state index >= 15 is 0 Å². The number of benzene rings is 1. The highest BCUT2D eigenvalue weighted by Crippen LogP contribution is 2.59. The maximum Gasteiger partial charge on any atom is 0.352 e. The van der Waals surface area contributed by atoms with Gasteiger partial charge in [-0.15, -0.1) is 0 Å². The van der Waals surface area contributed by atoms with Gasteiger partial charge in [0, 0.05) is 20.6 Å². The molecule has 4 aliphatic rings. The van der Waals surface area contributed by atoms with Gasteiger partial charge in [-0.1, -0.05) is 18.2 Å². The predicted molar refractivity (Wildman–Crippen MR) is 105 cm³/mol. The number of aliphatic carboxylic acids is 1.